The van der Waals surface area contributed by atoms with Gasteiger partial charge in [-0.05, 0) is 57.5 Å². The van der Waals surface area contributed by atoms with Crippen molar-refractivity contribution in [3.05, 3.63) is 42.1 Å². The summed E-state index contributed by atoms with van der Waals surface area (Å²) >= 11 is 0. The Hall–Kier alpha value is -1.45. The van der Waals surface area contributed by atoms with E-state index in [9.17, 15) is 5.11 Å². The second kappa shape index (κ2) is 5.74. The van der Waals surface area contributed by atoms with E-state index in [-0.39, 0.29) is 5.54 Å². The second-order valence-corrected chi connectivity index (χ2v) is 6.56. The fourth-order valence-corrected chi connectivity index (χ4v) is 3.30. The Balaban J connectivity index is 1.89. The van der Waals surface area contributed by atoms with E-state index in [0.717, 1.165) is 29.6 Å². The van der Waals surface area contributed by atoms with E-state index in [1.807, 2.05) is 30.3 Å². The standard InChI is InChI=1S/C18H24N2O/c1-18(2,20-11-4-3-5-12-20)17(21)15-9-8-14-7-6-10-19-16(14)13-15/h6-10,13,17,21H,3-5,11-12H2,1-2H3. The maximum absolute atomic E-state index is 10.9. The molecule has 21 heavy (non-hydrogen) atoms. The van der Waals surface area contributed by atoms with Crippen LogP contribution in [0.25, 0.3) is 10.9 Å². The van der Waals surface area contributed by atoms with Crippen LogP contribution in [0.4, 0.5) is 0 Å². The van der Waals surface area contributed by atoms with E-state index in [4.69, 9.17) is 0 Å². The number of pyridine rings is 1. The first-order chi connectivity index (χ1) is 10.1. The first-order valence-electron chi connectivity index (χ1n) is 7.87. The summed E-state index contributed by atoms with van der Waals surface area (Å²) in [6.07, 6.45) is 5.07. The predicted molar refractivity (Wildman–Crippen MR) is 86.2 cm³/mol. The molecule has 1 N–H and O–H groups in total. The Kier molecular flexibility index (Phi) is 3.96. The van der Waals surface area contributed by atoms with Gasteiger partial charge in [0.25, 0.3) is 0 Å². The van der Waals surface area contributed by atoms with Gasteiger partial charge in [-0.2, -0.15) is 0 Å². The molecule has 0 saturated carbocycles. The molecule has 1 unspecified atom stereocenters. The molecular weight excluding hydrogens is 260 g/mol. The van der Waals surface area contributed by atoms with Gasteiger partial charge in [-0.15, -0.1) is 0 Å². The molecule has 0 amide bonds. The van der Waals surface area contributed by atoms with E-state index >= 15 is 0 Å². The van der Waals surface area contributed by atoms with Gasteiger partial charge in [0, 0.05) is 17.1 Å². The zero-order chi connectivity index (χ0) is 14.9. The summed E-state index contributed by atoms with van der Waals surface area (Å²) in [6, 6.07) is 10.1. The minimum absolute atomic E-state index is 0.247. The summed E-state index contributed by atoms with van der Waals surface area (Å²) in [5.74, 6) is 0. The topological polar surface area (TPSA) is 36.4 Å². The van der Waals surface area contributed by atoms with Crippen LogP contribution in [0, 0.1) is 0 Å². The maximum Gasteiger partial charge on any atom is 0.0968 e. The Bertz CT molecular complexity index is 617. The SMILES string of the molecule is CC(C)(C(O)c1ccc2cccnc2c1)N1CCCCC1. The highest BCUT2D eigenvalue weighted by molar-refractivity contribution is 5.79. The van der Waals surface area contributed by atoms with Crippen LogP contribution < -0.4 is 0 Å². The molecule has 112 valence electrons. The number of rotatable bonds is 3. The molecule has 1 aliphatic heterocycles. The monoisotopic (exact) mass is 284 g/mol. The minimum atomic E-state index is -0.498. The van der Waals surface area contributed by atoms with Crippen molar-refractivity contribution in [1.29, 1.82) is 0 Å². The third kappa shape index (κ3) is 2.81. The zero-order valence-corrected chi connectivity index (χ0v) is 12.9. The molecule has 3 rings (SSSR count). The molecule has 1 aromatic carbocycles. The number of nitrogens with zero attached hydrogens (tertiary/aromatic N) is 2. The van der Waals surface area contributed by atoms with Crippen LogP contribution in [-0.4, -0.2) is 33.6 Å². The van der Waals surface area contributed by atoms with Gasteiger partial charge in [-0.1, -0.05) is 24.6 Å². The molecule has 1 saturated heterocycles. The van der Waals surface area contributed by atoms with Crippen LogP contribution in [0.2, 0.25) is 0 Å². The lowest BCUT2D eigenvalue weighted by Crippen LogP contribution is -2.50. The maximum atomic E-state index is 10.9. The van der Waals surface area contributed by atoms with Crippen molar-refractivity contribution in [3.63, 3.8) is 0 Å². The number of piperidine rings is 1. The van der Waals surface area contributed by atoms with Crippen LogP contribution in [0.1, 0.15) is 44.8 Å². The molecule has 1 aromatic heterocycles. The Morgan fingerprint density at radius 3 is 2.67 bits per heavy atom. The van der Waals surface area contributed by atoms with Gasteiger partial charge in [-0.25, -0.2) is 0 Å². The van der Waals surface area contributed by atoms with Crippen molar-refractivity contribution in [1.82, 2.24) is 9.88 Å². The van der Waals surface area contributed by atoms with Gasteiger partial charge < -0.3 is 5.11 Å². The normalized spacial score (nSPS) is 18.8. The predicted octanol–water partition coefficient (Wildman–Crippen LogP) is 3.53. The van der Waals surface area contributed by atoms with E-state index in [2.05, 4.69) is 23.7 Å². The van der Waals surface area contributed by atoms with Gasteiger partial charge in [0.05, 0.1) is 11.6 Å². The lowest BCUT2D eigenvalue weighted by molar-refractivity contribution is -0.0208. The highest BCUT2D eigenvalue weighted by atomic mass is 16.3. The number of fused-ring (bicyclic) bond motifs is 1. The molecule has 1 fully saturated rings. The summed E-state index contributed by atoms with van der Waals surface area (Å²) in [5, 5.41) is 12.0. The van der Waals surface area contributed by atoms with E-state index in [1.165, 1.54) is 19.3 Å². The van der Waals surface area contributed by atoms with Gasteiger partial charge in [-0.3, -0.25) is 9.88 Å². The van der Waals surface area contributed by atoms with E-state index < -0.39 is 6.10 Å². The first-order valence-corrected chi connectivity index (χ1v) is 7.87. The Morgan fingerprint density at radius 2 is 1.90 bits per heavy atom. The van der Waals surface area contributed by atoms with Crippen molar-refractivity contribution in [2.45, 2.75) is 44.8 Å². The summed E-state index contributed by atoms with van der Waals surface area (Å²) in [6.45, 7) is 6.45. The summed E-state index contributed by atoms with van der Waals surface area (Å²) < 4.78 is 0. The number of aromatic nitrogens is 1. The highest BCUT2D eigenvalue weighted by Gasteiger charge is 2.35. The van der Waals surface area contributed by atoms with Crippen LogP contribution in [0.5, 0.6) is 0 Å². The average molecular weight is 284 g/mol. The first kappa shape index (κ1) is 14.5. The van der Waals surface area contributed by atoms with Gasteiger partial charge in [0.2, 0.25) is 0 Å². The number of hydrogen-bond donors (Lipinski definition) is 1. The van der Waals surface area contributed by atoms with Crippen molar-refractivity contribution < 1.29 is 5.11 Å². The number of benzene rings is 1. The molecule has 0 bridgehead atoms. The molecule has 2 heterocycles. The van der Waals surface area contributed by atoms with Crippen LogP contribution in [0.15, 0.2) is 36.5 Å². The molecule has 2 aromatic rings. The molecular formula is C18H24N2O. The Labute approximate surface area is 126 Å². The van der Waals surface area contributed by atoms with E-state index in [1.54, 1.807) is 6.20 Å². The van der Waals surface area contributed by atoms with Gasteiger partial charge >= 0.3 is 0 Å². The molecule has 1 atom stereocenters. The van der Waals surface area contributed by atoms with Crippen LogP contribution >= 0.6 is 0 Å². The fourth-order valence-electron chi connectivity index (χ4n) is 3.30. The van der Waals surface area contributed by atoms with Crippen molar-refractivity contribution in [3.8, 4) is 0 Å². The quantitative estimate of drug-likeness (QED) is 0.936. The average Bonchev–Trinajstić information content (AvgIpc) is 2.54. The van der Waals surface area contributed by atoms with Crippen LogP contribution in [0.3, 0.4) is 0 Å². The number of aliphatic hydroxyl groups excluding tert-OH is 1. The molecule has 3 heteroatoms. The zero-order valence-electron chi connectivity index (χ0n) is 12.9. The van der Waals surface area contributed by atoms with Gasteiger partial charge in [0.15, 0.2) is 0 Å². The highest BCUT2D eigenvalue weighted by Crippen LogP contribution is 2.33. The third-order valence-electron chi connectivity index (χ3n) is 4.79. The van der Waals surface area contributed by atoms with Crippen molar-refractivity contribution in [2.75, 3.05) is 13.1 Å². The smallest absolute Gasteiger partial charge is 0.0968 e. The lowest BCUT2D eigenvalue weighted by Gasteiger charge is -2.44. The van der Waals surface area contributed by atoms with Gasteiger partial charge in [0.1, 0.15) is 0 Å². The summed E-state index contributed by atoms with van der Waals surface area (Å²) in [5.41, 5.74) is 1.66. The largest absolute Gasteiger partial charge is 0.386 e. The number of aliphatic hydroxyl groups is 1. The van der Waals surface area contributed by atoms with Crippen molar-refractivity contribution >= 4 is 10.9 Å². The summed E-state index contributed by atoms with van der Waals surface area (Å²) in [4.78, 5) is 6.81. The molecule has 0 spiro atoms. The Morgan fingerprint density at radius 1 is 1.14 bits per heavy atom. The molecule has 3 nitrogen and oxygen atoms in total. The fraction of sp³-hybridized carbons (Fsp3) is 0.500. The second-order valence-electron chi connectivity index (χ2n) is 6.56. The molecule has 1 aliphatic rings. The lowest BCUT2D eigenvalue weighted by atomic mass is 9.87. The molecule has 0 radical (unpaired) electrons. The van der Waals surface area contributed by atoms with Crippen LogP contribution in [-0.2, 0) is 0 Å². The molecule has 0 aliphatic carbocycles. The minimum Gasteiger partial charge on any atom is -0.386 e. The summed E-state index contributed by atoms with van der Waals surface area (Å²) in [7, 11) is 0. The number of hydrogen-bond acceptors (Lipinski definition) is 3. The van der Waals surface area contributed by atoms with E-state index in [0.29, 0.717) is 0 Å². The third-order valence-corrected chi connectivity index (χ3v) is 4.79. The number of likely N-dealkylation sites (tertiary alicyclic amines) is 1. The van der Waals surface area contributed by atoms with Crippen molar-refractivity contribution in [2.24, 2.45) is 0 Å².